The summed E-state index contributed by atoms with van der Waals surface area (Å²) in [5.41, 5.74) is 21.7. The number of anilines is 6. The van der Waals surface area contributed by atoms with Gasteiger partial charge in [0, 0.05) is 88.7 Å². The summed E-state index contributed by atoms with van der Waals surface area (Å²) in [6.07, 6.45) is 0. The Morgan fingerprint density at radius 2 is 0.646 bits per heavy atom. The van der Waals surface area contributed by atoms with E-state index >= 15 is 0 Å². The molecule has 0 aliphatic heterocycles. The molecule has 5 heteroatoms. The second-order valence-electron chi connectivity index (χ2n) is 22.8. The summed E-state index contributed by atoms with van der Waals surface area (Å²) in [5.74, 6) is 0. The number of rotatable bonds is 6. The molecule has 0 unspecified atom stereocenters. The van der Waals surface area contributed by atoms with Crippen molar-refractivity contribution >= 4 is 121 Å². The Bertz CT molecular complexity index is 5120. The maximum Gasteiger partial charge on any atom is 0.143 e. The predicted molar refractivity (Wildman–Crippen MR) is 328 cm³/mol. The average Bonchev–Trinajstić information content (AvgIpc) is 4.42. The van der Waals surface area contributed by atoms with Crippen molar-refractivity contribution in [3.63, 3.8) is 0 Å². The van der Waals surface area contributed by atoms with Gasteiger partial charge in [-0.05, 0) is 164 Å². The van der Waals surface area contributed by atoms with Crippen LogP contribution in [-0.2, 0) is 10.8 Å². The van der Waals surface area contributed by atoms with Gasteiger partial charge in [0.1, 0.15) is 33.5 Å². The largest absolute Gasteiger partial charge is 0.456 e. The minimum Gasteiger partial charge on any atom is -0.456 e. The van der Waals surface area contributed by atoms with E-state index in [1.165, 1.54) is 49.9 Å². The van der Waals surface area contributed by atoms with Crippen LogP contribution < -0.4 is 9.80 Å². The Labute approximate surface area is 455 Å². The molecule has 0 radical (unpaired) electrons. The molecule has 0 spiro atoms. The smallest absolute Gasteiger partial charge is 0.143 e. The topological polar surface area (TPSA) is 45.9 Å². The molecular formula is C74H50N2O3. The first-order valence-electron chi connectivity index (χ1n) is 27.4. The van der Waals surface area contributed by atoms with Crippen LogP contribution >= 0.6 is 0 Å². The van der Waals surface area contributed by atoms with Crippen molar-refractivity contribution in [3.05, 3.63) is 253 Å². The Hall–Kier alpha value is -9.84. The highest BCUT2D eigenvalue weighted by atomic mass is 16.3. The van der Waals surface area contributed by atoms with Gasteiger partial charge in [-0.25, -0.2) is 0 Å². The SMILES string of the molecule is CC1(C)c2ccccc2-c2ccc(N(c3ccc4c(c3)oc3c5ccc(N(c6ccc7c(c6)C(C)(C)c6ccccc6-7)c6ccc7oc8ccccc8c7c6)cc5c5ccccc5c43)c3ccc4oc5ccccc5c4c3)cc21. The number of furan rings is 3. The number of hydrogen-bond acceptors (Lipinski definition) is 5. The Morgan fingerprint density at radius 1 is 0.253 bits per heavy atom. The van der Waals surface area contributed by atoms with Crippen LogP contribution in [0.15, 0.2) is 244 Å². The van der Waals surface area contributed by atoms with Gasteiger partial charge < -0.3 is 23.1 Å². The number of para-hydroxylation sites is 2. The van der Waals surface area contributed by atoms with Crippen LogP contribution in [0.5, 0.6) is 0 Å². The molecule has 5 nitrogen and oxygen atoms in total. The van der Waals surface area contributed by atoms with E-state index in [1.807, 2.05) is 24.3 Å². The zero-order chi connectivity index (χ0) is 52.5. The lowest BCUT2D eigenvalue weighted by Crippen LogP contribution is -2.16. The predicted octanol–water partition coefficient (Wildman–Crippen LogP) is 21.2. The Morgan fingerprint density at radius 3 is 1.20 bits per heavy atom. The summed E-state index contributed by atoms with van der Waals surface area (Å²) in [6, 6.07) is 84.0. The van der Waals surface area contributed by atoms with E-state index in [-0.39, 0.29) is 10.8 Å². The zero-order valence-electron chi connectivity index (χ0n) is 44.1. The van der Waals surface area contributed by atoms with Crippen molar-refractivity contribution in [1.82, 2.24) is 0 Å². The van der Waals surface area contributed by atoms with E-state index in [0.717, 1.165) is 116 Å². The second-order valence-corrected chi connectivity index (χ2v) is 22.8. The second kappa shape index (κ2) is 15.9. The summed E-state index contributed by atoms with van der Waals surface area (Å²) >= 11 is 0. The van der Waals surface area contributed by atoms with E-state index < -0.39 is 0 Å². The number of benzene rings is 12. The lowest BCUT2D eigenvalue weighted by atomic mass is 9.82. The Balaban J connectivity index is 0.857. The van der Waals surface area contributed by atoms with Gasteiger partial charge in [-0.2, -0.15) is 0 Å². The highest BCUT2D eigenvalue weighted by molar-refractivity contribution is 6.30. The molecule has 0 N–H and O–H groups in total. The molecule has 15 aromatic rings. The quantitative estimate of drug-likeness (QED) is 0.155. The summed E-state index contributed by atoms with van der Waals surface area (Å²) in [6.45, 7) is 9.40. The van der Waals surface area contributed by atoms with E-state index in [0.29, 0.717) is 0 Å². The molecule has 17 rings (SSSR count). The molecule has 0 saturated heterocycles. The van der Waals surface area contributed by atoms with Crippen molar-refractivity contribution in [1.29, 1.82) is 0 Å². The third-order valence-corrected chi connectivity index (χ3v) is 17.8. The van der Waals surface area contributed by atoms with Crippen LogP contribution in [0.25, 0.3) is 110 Å². The van der Waals surface area contributed by atoms with E-state index in [1.54, 1.807) is 0 Å². The normalized spacial score (nSPS) is 14.0. The van der Waals surface area contributed by atoms with E-state index in [4.69, 9.17) is 13.3 Å². The van der Waals surface area contributed by atoms with Gasteiger partial charge in [0.05, 0.1) is 0 Å². The number of hydrogen-bond donors (Lipinski definition) is 0. The maximum atomic E-state index is 7.29. The third kappa shape index (κ3) is 6.21. The van der Waals surface area contributed by atoms with Crippen molar-refractivity contribution in [2.24, 2.45) is 0 Å². The van der Waals surface area contributed by atoms with Gasteiger partial charge in [0.2, 0.25) is 0 Å². The monoisotopic (exact) mass is 1010 g/mol. The van der Waals surface area contributed by atoms with Crippen LogP contribution in [0.2, 0.25) is 0 Å². The van der Waals surface area contributed by atoms with Crippen LogP contribution in [0, 0.1) is 0 Å². The minimum atomic E-state index is -0.174. The van der Waals surface area contributed by atoms with Crippen molar-refractivity contribution in [3.8, 4) is 22.3 Å². The highest BCUT2D eigenvalue weighted by Gasteiger charge is 2.37. The first kappa shape index (κ1) is 44.3. The van der Waals surface area contributed by atoms with Gasteiger partial charge in [-0.3, -0.25) is 0 Å². The van der Waals surface area contributed by atoms with Crippen molar-refractivity contribution in [2.45, 2.75) is 38.5 Å². The standard InChI is InChI=1S/C74H50N2O3/c1-73(2)62-21-11-7-16-50(62)52-31-25-46(40-64(52)73)75(44-29-35-68-60(38-44)54-18-9-13-23-66(54)77-68)43-27-33-57-59(37-43)49-15-5-6-20-56(49)71-58-34-28-48(42-70(58)79-72(57)71)76(45-30-36-69-61(39-45)55-19-10-14-24-67(55)78-69)47-26-32-53-51-17-8-12-22-63(51)74(3,4)65(53)41-47/h5-42H,1-4H3. The molecule has 0 amide bonds. The average molecular weight is 1020 g/mol. The van der Waals surface area contributed by atoms with Crippen LogP contribution in [-0.4, -0.2) is 0 Å². The molecule has 374 valence electrons. The highest BCUT2D eigenvalue weighted by Crippen LogP contribution is 2.54. The number of nitrogens with zero attached hydrogens (tertiary/aromatic N) is 2. The molecule has 0 atom stereocenters. The van der Waals surface area contributed by atoms with Gasteiger partial charge in [0.25, 0.3) is 0 Å². The fraction of sp³-hybridized carbons (Fsp3) is 0.0811. The molecule has 3 aromatic heterocycles. The molecule has 12 aromatic carbocycles. The molecule has 2 aliphatic rings. The zero-order valence-corrected chi connectivity index (χ0v) is 44.1. The fourth-order valence-corrected chi connectivity index (χ4v) is 14.0. The molecular weight excluding hydrogens is 965 g/mol. The molecule has 0 bridgehead atoms. The third-order valence-electron chi connectivity index (χ3n) is 17.8. The van der Waals surface area contributed by atoms with Crippen molar-refractivity contribution in [2.75, 3.05) is 9.80 Å². The summed E-state index contributed by atoms with van der Waals surface area (Å²) in [5, 5.41) is 11.1. The maximum absolute atomic E-state index is 7.29. The minimum absolute atomic E-state index is 0.172. The summed E-state index contributed by atoms with van der Waals surface area (Å²) in [7, 11) is 0. The van der Waals surface area contributed by atoms with Crippen LogP contribution in [0.4, 0.5) is 34.1 Å². The number of fused-ring (bicyclic) bond motifs is 20. The van der Waals surface area contributed by atoms with E-state index in [9.17, 15) is 0 Å². The molecule has 2 aliphatic carbocycles. The van der Waals surface area contributed by atoms with Gasteiger partial charge >= 0.3 is 0 Å². The van der Waals surface area contributed by atoms with Gasteiger partial charge in [-0.1, -0.05) is 149 Å². The van der Waals surface area contributed by atoms with Crippen LogP contribution in [0.3, 0.4) is 0 Å². The van der Waals surface area contributed by atoms with Gasteiger partial charge in [0.15, 0.2) is 0 Å². The van der Waals surface area contributed by atoms with Crippen molar-refractivity contribution < 1.29 is 13.3 Å². The lowest BCUT2D eigenvalue weighted by molar-refractivity contribution is 0.660. The first-order chi connectivity index (χ1) is 38.7. The molecule has 0 saturated carbocycles. The first-order valence-corrected chi connectivity index (χ1v) is 27.4. The molecule has 0 fully saturated rings. The summed E-state index contributed by atoms with van der Waals surface area (Å²) < 4.78 is 20.0. The van der Waals surface area contributed by atoms with Crippen LogP contribution in [0.1, 0.15) is 49.9 Å². The van der Waals surface area contributed by atoms with E-state index in [2.05, 4.69) is 244 Å². The fourth-order valence-electron chi connectivity index (χ4n) is 14.0. The van der Waals surface area contributed by atoms with Gasteiger partial charge in [-0.15, -0.1) is 0 Å². The molecule has 79 heavy (non-hydrogen) atoms. The Kier molecular flexibility index (Phi) is 8.90. The lowest BCUT2D eigenvalue weighted by Gasteiger charge is -2.28. The molecule has 3 heterocycles. The summed E-state index contributed by atoms with van der Waals surface area (Å²) in [4.78, 5) is 4.80.